The molecule has 2 heterocycles. The summed E-state index contributed by atoms with van der Waals surface area (Å²) < 4.78 is 11.2. The molecule has 1 fully saturated rings. The van der Waals surface area contributed by atoms with E-state index in [1.165, 1.54) is 0 Å². The molecule has 1 aliphatic rings. The molecule has 1 N–H and O–H groups in total. The van der Waals surface area contributed by atoms with Gasteiger partial charge in [0.1, 0.15) is 5.52 Å². The van der Waals surface area contributed by atoms with Gasteiger partial charge in [-0.15, -0.1) is 0 Å². The van der Waals surface area contributed by atoms with Crippen LogP contribution in [0, 0.1) is 6.92 Å². The van der Waals surface area contributed by atoms with E-state index < -0.39 is 0 Å². The molecule has 4 nitrogen and oxygen atoms in total. The molecular formula is C13H16N2O2. The van der Waals surface area contributed by atoms with E-state index in [9.17, 15) is 0 Å². The summed E-state index contributed by atoms with van der Waals surface area (Å²) in [6.45, 7) is 4.48. The van der Waals surface area contributed by atoms with Gasteiger partial charge in [0, 0.05) is 19.0 Å². The van der Waals surface area contributed by atoms with Gasteiger partial charge in [0.25, 0.3) is 0 Å². The Bertz CT molecular complexity index is 515. The third-order valence-corrected chi connectivity index (χ3v) is 3.08. The molecule has 1 unspecified atom stereocenters. The van der Waals surface area contributed by atoms with Crippen LogP contribution in [0.3, 0.4) is 0 Å². The molecule has 90 valence electrons. The van der Waals surface area contributed by atoms with E-state index in [-0.39, 0.29) is 0 Å². The number of morpholine rings is 1. The van der Waals surface area contributed by atoms with E-state index in [2.05, 4.69) is 10.3 Å². The molecule has 1 aliphatic heterocycles. The number of nitrogens with zero attached hydrogens (tertiary/aromatic N) is 1. The SMILES string of the molecule is Cc1cccc2nc(CC3COCCN3)oc12. The molecular weight excluding hydrogens is 216 g/mol. The fourth-order valence-corrected chi connectivity index (χ4v) is 2.18. The van der Waals surface area contributed by atoms with Gasteiger partial charge in [0.15, 0.2) is 11.5 Å². The molecule has 0 aliphatic carbocycles. The highest BCUT2D eigenvalue weighted by atomic mass is 16.5. The van der Waals surface area contributed by atoms with Gasteiger partial charge < -0.3 is 14.5 Å². The number of hydrogen-bond donors (Lipinski definition) is 1. The normalized spacial score (nSPS) is 20.9. The fraction of sp³-hybridized carbons (Fsp3) is 0.462. The second-order valence-corrected chi connectivity index (χ2v) is 4.46. The molecule has 1 saturated heterocycles. The summed E-state index contributed by atoms with van der Waals surface area (Å²) >= 11 is 0. The molecule has 3 rings (SSSR count). The van der Waals surface area contributed by atoms with Crippen molar-refractivity contribution in [2.45, 2.75) is 19.4 Å². The number of rotatable bonds is 2. The van der Waals surface area contributed by atoms with Crippen molar-refractivity contribution < 1.29 is 9.15 Å². The smallest absolute Gasteiger partial charge is 0.197 e. The first-order chi connectivity index (χ1) is 8.33. The van der Waals surface area contributed by atoms with Gasteiger partial charge in [-0.1, -0.05) is 12.1 Å². The zero-order chi connectivity index (χ0) is 11.7. The number of ether oxygens (including phenoxy) is 1. The van der Waals surface area contributed by atoms with Crippen molar-refractivity contribution >= 4 is 11.1 Å². The number of fused-ring (bicyclic) bond motifs is 1. The standard InChI is InChI=1S/C13H16N2O2/c1-9-3-2-4-11-13(9)17-12(15-11)7-10-8-16-6-5-14-10/h2-4,10,14H,5-8H2,1H3. The van der Waals surface area contributed by atoms with Crippen LogP contribution in [0.2, 0.25) is 0 Å². The topological polar surface area (TPSA) is 47.3 Å². The van der Waals surface area contributed by atoms with E-state index in [4.69, 9.17) is 9.15 Å². The van der Waals surface area contributed by atoms with Crippen LogP contribution in [0.5, 0.6) is 0 Å². The monoisotopic (exact) mass is 232 g/mol. The average Bonchev–Trinajstić information content (AvgIpc) is 2.74. The van der Waals surface area contributed by atoms with Crippen molar-refractivity contribution in [3.63, 3.8) is 0 Å². The minimum absolute atomic E-state index is 0.317. The number of nitrogens with one attached hydrogen (secondary N) is 1. The summed E-state index contributed by atoms with van der Waals surface area (Å²) in [6.07, 6.45) is 0.786. The van der Waals surface area contributed by atoms with E-state index in [0.29, 0.717) is 6.04 Å². The second-order valence-electron chi connectivity index (χ2n) is 4.46. The summed E-state index contributed by atoms with van der Waals surface area (Å²) in [7, 11) is 0. The quantitative estimate of drug-likeness (QED) is 0.855. The van der Waals surface area contributed by atoms with Crippen molar-refractivity contribution in [2.75, 3.05) is 19.8 Å². The van der Waals surface area contributed by atoms with Crippen LogP contribution in [-0.4, -0.2) is 30.8 Å². The highest BCUT2D eigenvalue weighted by molar-refractivity contribution is 5.75. The first-order valence-corrected chi connectivity index (χ1v) is 5.99. The van der Waals surface area contributed by atoms with Gasteiger partial charge in [0.2, 0.25) is 0 Å². The molecule has 0 bridgehead atoms. The van der Waals surface area contributed by atoms with Crippen LogP contribution in [-0.2, 0) is 11.2 Å². The molecule has 0 spiro atoms. The predicted octanol–water partition coefficient (Wildman–Crippen LogP) is 1.67. The first kappa shape index (κ1) is 10.7. The largest absolute Gasteiger partial charge is 0.440 e. The lowest BCUT2D eigenvalue weighted by atomic mass is 10.2. The van der Waals surface area contributed by atoms with Crippen molar-refractivity contribution in [1.29, 1.82) is 0 Å². The maximum atomic E-state index is 5.79. The minimum atomic E-state index is 0.317. The Morgan fingerprint density at radius 2 is 2.41 bits per heavy atom. The Labute approximate surface area is 100.0 Å². The Morgan fingerprint density at radius 1 is 1.47 bits per heavy atom. The van der Waals surface area contributed by atoms with Crippen LogP contribution in [0.4, 0.5) is 0 Å². The van der Waals surface area contributed by atoms with E-state index in [1.807, 2.05) is 25.1 Å². The molecule has 1 aromatic heterocycles. The molecule has 1 atom stereocenters. The summed E-state index contributed by atoms with van der Waals surface area (Å²) in [4.78, 5) is 4.51. The van der Waals surface area contributed by atoms with Gasteiger partial charge in [-0.05, 0) is 18.6 Å². The molecule has 0 saturated carbocycles. The fourth-order valence-electron chi connectivity index (χ4n) is 2.18. The summed E-state index contributed by atoms with van der Waals surface area (Å²) in [6, 6.07) is 6.35. The van der Waals surface area contributed by atoms with Gasteiger partial charge in [-0.2, -0.15) is 0 Å². The molecule has 4 heteroatoms. The van der Waals surface area contributed by atoms with Crippen molar-refractivity contribution in [3.8, 4) is 0 Å². The van der Waals surface area contributed by atoms with Crippen LogP contribution in [0.1, 0.15) is 11.5 Å². The minimum Gasteiger partial charge on any atom is -0.440 e. The Balaban J connectivity index is 1.83. The zero-order valence-corrected chi connectivity index (χ0v) is 9.90. The van der Waals surface area contributed by atoms with E-state index in [0.717, 1.165) is 48.7 Å². The summed E-state index contributed by atoms with van der Waals surface area (Å²) in [5.41, 5.74) is 2.98. The van der Waals surface area contributed by atoms with Gasteiger partial charge in [-0.3, -0.25) is 0 Å². The average molecular weight is 232 g/mol. The third-order valence-electron chi connectivity index (χ3n) is 3.08. The Hall–Kier alpha value is -1.39. The third kappa shape index (κ3) is 2.18. The van der Waals surface area contributed by atoms with E-state index >= 15 is 0 Å². The molecule has 17 heavy (non-hydrogen) atoms. The Morgan fingerprint density at radius 3 is 3.18 bits per heavy atom. The second kappa shape index (κ2) is 4.47. The highest BCUT2D eigenvalue weighted by Crippen LogP contribution is 2.20. The van der Waals surface area contributed by atoms with Crippen molar-refractivity contribution in [3.05, 3.63) is 29.7 Å². The van der Waals surface area contributed by atoms with Gasteiger partial charge in [-0.25, -0.2) is 4.98 Å². The number of aromatic nitrogens is 1. The molecule has 0 amide bonds. The summed E-state index contributed by atoms with van der Waals surface area (Å²) in [5, 5.41) is 3.40. The van der Waals surface area contributed by atoms with Crippen LogP contribution in [0.25, 0.3) is 11.1 Å². The van der Waals surface area contributed by atoms with Gasteiger partial charge in [0.05, 0.1) is 13.2 Å². The van der Waals surface area contributed by atoms with Crippen molar-refractivity contribution in [1.82, 2.24) is 10.3 Å². The van der Waals surface area contributed by atoms with Gasteiger partial charge >= 0.3 is 0 Å². The first-order valence-electron chi connectivity index (χ1n) is 5.99. The number of aryl methyl sites for hydroxylation is 1. The van der Waals surface area contributed by atoms with Crippen LogP contribution >= 0.6 is 0 Å². The molecule has 2 aromatic rings. The summed E-state index contributed by atoms with van der Waals surface area (Å²) in [5.74, 6) is 0.789. The lowest BCUT2D eigenvalue weighted by Gasteiger charge is -2.22. The zero-order valence-electron chi connectivity index (χ0n) is 9.90. The lowest BCUT2D eigenvalue weighted by Crippen LogP contribution is -2.42. The van der Waals surface area contributed by atoms with Crippen molar-refractivity contribution in [2.24, 2.45) is 0 Å². The maximum Gasteiger partial charge on any atom is 0.197 e. The van der Waals surface area contributed by atoms with Crippen LogP contribution in [0.15, 0.2) is 22.6 Å². The lowest BCUT2D eigenvalue weighted by molar-refractivity contribution is 0.0751. The number of oxazole rings is 1. The number of hydrogen-bond acceptors (Lipinski definition) is 4. The number of para-hydroxylation sites is 1. The van der Waals surface area contributed by atoms with E-state index in [1.54, 1.807) is 0 Å². The number of benzene rings is 1. The molecule has 0 radical (unpaired) electrons. The predicted molar refractivity (Wildman–Crippen MR) is 65.1 cm³/mol. The highest BCUT2D eigenvalue weighted by Gasteiger charge is 2.17. The van der Waals surface area contributed by atoms with Crippen LogP contribution < -0.4 is 5.32 Å². The Kier molecular flexibility index (Phi) is 2.82. The molecule has 1 aromatic carbocycles. The maximum absolute atomic E-state index is 5.79.